The number of carbonyl (C=O) groups is 3. The summed E-state index contributed by atoms with van der Waals surface area (Å²) in [6.45, 7) is 6.36. The highest BCUT2D eigenvalue weighted by Gasteiger charge is 2.19. The van der Waals surface area contributed by atoms with Gasteiger partial charge < -0.3 is 14.2 Å². The van der Waals surface area contributed by atoms with Crippen LogP contribution in [0.3, 0.4) is 0 Å². The van der Waals surface area contributed by atoms with Gasteiger partial charge in [-0.3, -0.25) is 14.4 Å². The van der Waals surface area contributed by atoms with Gasteiger partial charge >= 0.3 is 17.9 Å². The highest BCUT2D eigenvalue weighted by molar-refractivity contribution is 5.71. The van der Waals surface area contributed by atoms with E-state index in [1.54, 1.807) is 0 Å². The van der Waals surface area contributed by atoms with Crippen LogP contribution in [0.15, 0.2) is 97.2 Å². The van der Waals surface area contributed by atoms with Crippen molar-refractivity contribution >= 4 is 17.9 Å². The van der Waals surface area contributed by atoms with E-state index in [4.69, 9.17) is 14.2 Å². The standard InChI is InChI=1S/C71H122O6/c1-4-7-10-13-16-19-22-24-25-26-27-28-29-30-31-32-33-34-35-36-37-38-39-40-41-42-43-44-45-47-49-52-55-58-61-64-70(73)76-67-68(66-75-69(72)63-60-57-54-51-48-21-18-15-12-9-6-3)77-71(74)65-62-59-56-53-50-46-23-20-17-14-11-8-5-2/h7-8,10-11,16-17,19-20,24-25,27-28,46,50,56,59,68H,4-6,9,12-15,18,21-23,26,29-45,47-49,51-55,57-58,60-67H2,1-3H3/b10-7-,11-8-,19-16-,20-17-,25-24-,28-27-,50-46-,59-56-. The maximum Gasteiger partial charge on any atom is 0.306 e. The number of rotatable bonds is 59. The van der Waals surface area contributed by atoms with Gasteiger partial charge in [0, 0.05) is 19.3 Å². The van der Waals surface area contributed by atoms with Crippen LogP contribution in [0.25, 0.3) is 0 Å². The summed E-state index contributed by atoms with van der Waals surface area (Å²) in [5.74, 6) is -0.973. The first-order valence-corrected chi connectivity index (χ1v) is 32.7. The summed E-state index contributed by atoms with van der Waals surface area (Å²) < 4.78 is 16.8. The normalized spacial score (nSPS) is 12.7. The molecule has 0 saturated heterocycles. The number of carbonyl (C=O) groups excluding carboxylic acids is 3. The third-order valence-electron chi connectivity index (χ3n) is 14.1. The lowest BCUT2D eigenvalue weighted by molar-refractivity contribution is -0.166. The monoisotopic (exact) mass is 1070 g/mol. The van der Waals surface area contributed by atoms with Crippen molar-refractivity contribution in [3.05, 3.63) is 97.2 Å². The molecule has 0 fully saturated rings. The second-order valence-corrected chi connectivity index (χ2v) is 21.6. The second-order valence-electron chi connectivity index (χ2n) is 21.6. The molecule has 0 radical (unpaired) electrons. The van der Waals surface area contributed by atoms with Gasteiger partial charge in [-0.1, -0.05) is 311 Å². The van der Waals surface area contributed by atoms with Gasteiger partial charge in [0.05, 0.1) is 0 Å². The minimum atomic E-state index is -0.811. The molecule has 1 unspecified atom stereocenters. The molecule has 6 heteroatoms. The molecule has 0 aromatic rings. The summed E-state index contributed by atoms with van der Waals surface area (Å²) in [6.07, 6.45) is 87.6. The Kier molecular flexibility index (Phi) is 61.8. The fourth-order valence-electron chi connectivity index (χ4n) is 9.27. The average Bonchev–Trinajstić information content (AvgIpc) is 3.43. The van der Waals surface area contributed by atoms with Gasteiger partial charge in [-0.2, -0.15) is 0 Å². The minimum Gasteiger partial charge on any atom is -0.462 e. The van der Waals surface area contributed by atoms with Crippen molar-refractivity contribution in [2.75, 3.05) is 13.2 Å². The minimum absolute atomic E-state index is 0.101. The van der Waals surface area contributed by atoms with Gasteiger partial charge in [0.2, 0.25) is 0 Å². The van der Waals surface area contributed by atoms with Gasteiger partial charge in [-0.05, 0) is 83.5 Å². The molecule has 0 N–H and O–H groups in total. The predicted octanol–water partition coefficient (Wildman–Crippen LogP) is 22.4. The van der Waals surface area contributed by atoms with Crippen LogP contribution in [-0.2, 0) is 28.6 Å². The van der Waals surface area contributed by atoms with E-state index in [1.165, 1.54) is 180 Å². The zero-order valence-electron chi connectivity index (χ0n) is 50.7. The van der Waals surface area contributed by atoms with Crippen LogP contribution in [-0.4, -0.2) is 37.2 Å². The van der Waals surface area contributed by atoms with Gasteiger partial charge in [0.25, 0.3) is 0 Å². The third kappa shape index (κ3) is 63.0. The average molecular weight is 1070 g/mol. The molecule has 442 valence electrons. The Bertz CT molecular complexity index is 1510. The molecule has 77 heavy (non-hydrogen) atoms. The molecular formula is C71H122O6. The highest BCUT2D eigenvalue weighted by Crippen LogP contribution is 2.17. The zero-order valence-corrected chi connectivity index (χ0v) is 50.7. The van der Waals surface area contributed by atoms with Gasteiger partial charge in [-0.15, -0.1) is 0 Å². The topological polar surface area (TPSA) is 78.9 Å². The summed E-state index contributed by atoms with van der Waals surface area (Å²) >= 11 is 0. The molecule has 0 aromatic heterocycles. The fraction of sp³-hybridized carbons (Fsp3) is 0.732. The predicted molar refractivity (Wildman–Crippen MR) is 334 cm³/mol. The molecular weight excluding hydrogens is 949 g/mol. The molecule has 6 nitrogen and oxygen atoms in total. The van der Waals surface area contributed by atoms with Crippen LogP contribution in [0.5, 0.6) is 0 Å². The maximum absolute atomic E-state index is 12.8. The first kappa shape index (κ1) is 73.3. The number of allylic oxidation sites excluding steroid dienone is 16. The second kappa shape index (κ2) is 64.9. The van der Waals surface area contributed by atoms with E-state index in [0.717, 1.165) is 89.9 Å². The van der Waals surface area contributed by atoms with Crippen LogP contribution in [0.4, 0.5) is 0 Å². The third-order valence-corrected chi connectivity index (χ3v) is 14.1. The maximum atomic E-state index is 12.8. The summed E-state index contributed by atoms with van der Waals surface area (Å²) in [6, 6.07) is 0. The molecule has 0 bridgehead atoms. The Morgan fingerprint density at radius 3 is 0.844 bits per heavy atom. The van der Waals surface area contributed by atoms with Crippen LogP contribution >= 0.6 is 0 Å². The van der Waals surface area contributed by atoms with Crippen LogP contribution in [0, 0.1) is 0 Å². The van der Waals surface area contributed by atoms with Gasteiger partial charge in [0.15, 0.2) is 6.10 Å². The van der Waals surface area contributed by atoms with Crippen molar-refractivity contribution in [2.45, 2.75) is 322 Å². The number of esters is 3. The van der Waals surface area contributed by atoms with Crippen LogP contribution in [0.2, 0.25) is 0 Å². The van der Waals surface area contributed by atoms with Crippen molar-refractivity contribution in [1.82, 2.24) is 0 Å². The zero-order chi connectivity index (χ0) is 55.7. The first-order chi connectivity index (χ1) is 38.0. The Balaban J connectivity index is 4.05. The van der Waals surface area contributed by atoms with E-state index < -0.39 is 6.10 Å². The van der Waals surface area contributed by atoms with Crippen molar-refractivity contribution < 1.29 is 28.6 Å². The lowest BCUT2D eigenvalue weighted by Gasteiger charge is -2.18. The van der Waals surface area contributed by atoms with Crippen LogP contribution in [0.1, 0.15) is 316 Å². The van der Waals surface area contributed by atoms with E-state index in [2.05, 4.69) is 112 Å². The number of hydrogen-bond acceptors (Lipinski definition) is 6. The Labute approximate surface area is 477 Å². The van der Waals surface area contributed by atoms with Gasteiger partial charge in [0.1, 0.15) is 13.2 Å². The van der Waals surface area contributed by atoms with Crippen molar-refractivity contribution in [2.24, 2.45) is 0 Å². The molecule has 0 aliphatic heterocycles. The Hall–Kier alpha value is -3.67. The molecule has 0 saturated carbocycles. The van der Waals surface area contributed by atoms with E-state index >= 15 is 0 Å². The first-order valence-electron chi connectivity index (χ1n) is 32.7. The quantitative estimate of drug-likeness (QED) is 0.0261. The Morgan fingerprint density at radius 1 is 0.273 bits per heavy atom. The van der Waals surface area contributed by atoms with Crippen molar-refractivity contribution in [1.29, 1.82) is 0 Å². The summed E-state index contributed by atoms with van der Waals surface area (Å²) in [5, 5.41) is 0. The van der Waals surface area contributed by atoms with E-state index in [0.29, 0.717) is 19.3 Å². The molecule has 0 aromatic carbocycles. The lowest BCUT2D eigenvalue weighted by atomic mass is 10.0. The largest absolute Gasteiger partial charge is 0.462 e. The SMILES string of the molecule is CC/C=C\C/C=C\C/C=C\C/C=C\CCCCCCCCCCCCCCCCCCCCCCCCC(=O)OCC(COC(=O)CCCCCCCCCCCCC)OC(=O)CC/C=C\C/C=C\C/C=C\C/C=C\CC. The summed E-state index contributed by atoms with van der Waals surface area (Å²) in [7, 11) is 0. The highest BCUT2D eigenvalue weighted by atomic mass is 16.6. The van der Waals surface area contributed by atoms with Crippen LogP contribution < -0.4 is 0 Å². The molecule has 1 atom stereocenters. The van der Waals surface area contributed by atoms with E-state index in [9.17, 15) is 14.4 Å². The van der Waals surface area contributed by atoms with E-state index in [-0.39, 0.29) is 37.5 Å². The smallest absolute Gasteiger partial charge is 0.306 e. The Morgan fingerprint density at radius 2 is 0.532 bits per heavy atom. The molecule has 0 spiro atoms. The molecule has 0 heterocycles. The van der Waals surface area contributed by atoms with E-state index in [1.807, 2.05) is 6.08 Å². The fourth-order valence-corrected chi connectivity index (χ4v) is 9.27. The molecule has 0 aliphatic rings. The number of ether oxygens (including phenoxy) is 3. The van der Waals surface area contributed by atoms with Gasteiger partial charge in [-0.25, -0.2) is 0 Å². The summed E-state index contributed by atoms with van der Waals surface area (Å²) in [4.78, 5) is 38.1. The molecule has 0 aliphatic carbocycles. The van der Waals surface area contributed by atoms with Crippen molar-refractivity contribution in [3.8, 4) is 0 Å². The number of hydrogen-bond donors (Lipinski definition) is 0. The summed E-state index contributed by atoms with van der Waals surface area (Å²) in [5.41, 5.74) is 0. The molecule has 0 amide bonds. The van der Waals surface area contributed by atoms with Crippen molar-refractivity contribution in [3.63, 3.8) is 0 Å². The number of unbranched alkanes of at least 4 members (excludes halogenated alkanes) is 32. The lowest BCUT2D eigenvalue weighted by Crippen LogP contribution is -2.30. The molecule has 0 rings (SSSR count).